The first kappa shape index (κ1) is 26.0. The van der Waals surface area contributed by atoms with Gasteiger partial charge in [0.05, 0.1) is 24.7 Å². The highest BCUT2D eigenvalue weighted by atomic mass is 16.5. The minimum absolute atomic E-state index is 0.232. The second kappa shape index (κ2) is 13.3. The number of unbranched alkanes of at least 4 members (excludes halogenated alkanes) is 6. The lowest BCUT2D eigenvalue weighted by Gasteiger charge is -2.32. The van der Waals surface area contributed by atoms with E-state index >= 15 is 0 Å². The minimum Gasteiger partial charge on any atom is -0.461 e. The average molecular weight is 439 g/mol. The molecule has 1 aromatic heterocycles. The first-order chi connectivity index (χ1) is 15.3. The van der Waals surface area contributed by atoms with Gasteiger partial charge in [-0.1, -0.05) is 77.0 Å². The number of hydrogen-bond acceptors (Lipinski definition) is 4. The Bertz CT molecular complexity index is 816. The summed E-state index contributed by atoms with van der Waals surface area (Å²) in [6, 6.07) is 0. The van der Waals surface area contributed by atoms with E-state index in [9.17, 15) is 4.79 Å². The van der Waals surface area contributed by atoms with Gasteiger partial charge in [0.25, 0.3) is 0 Å². The van der Waals surface area contributed by atoms with E-state index in [1.807, 2.05) is 6.08 Å². The molecular weight excluding hydrogens is 396 g/mol. The third kappa shape index (κ3) is 8.72. The van der Waals surface area contributed by atoms with Crippen LogP contribution in [0.15, 0.2) is 41.3 Å². The molecule has 1 aliphatic carbocycles. The van der Waals surface area contributed by atoms with Gasteiger partial charge >= 0.3 is 5.97 Å². The maximum atomic E-state index is 12.2. The van der Waals surface area contributed by atoms with Crippen molar-refractivity contribution in [3.05, 3.63) is 52.7 Å². The molecule has 0 radical (unpaired) electrons. The van der Waals surface area contributed by atoms with E-state index in [1.165, 1.54) is 68.7 Å². The smallest absolute Gasteiger partial charge is 0.358 e. The molecule has 0 bridgehead atoms. The molecular formula is C28H42N2O2. The van der Waals surface area contributed by atoms with E-state index in [0.29, 0.717) is 6.61 Å². The number of rotatable bonds is 12. The highest BCUT2D eigenvalue weighted by Crippen LogP contribution is 2.40. The van der Waals surface area contributed by atoms with Crippen LogP contribution in [-0.4, -0.2) is 22.5 Å². The van der Waals surface area contributed by atoms with Crippen LogP contribution in [0.3, 0.4) is 0 Å². The minimum atomic E-state index is -0.391. The summed E-state index contributed by atoms with van der Waals surface area (Å²) >= 11 is 0. The largest absolute Gasteiger partial charge is 0.461 e. The van der Waals surface area contributed by atoms with E-state index in [0.717, 1.165) is 24.1 Å². The molecule has 0 unspecified atom stereocenters. The summed E-state index contributed by atoms with van der Waals surface area (Å²) in [7, 11) is 0. The number of carbonyl (C=O) groups excluding carboxylic acids is 1. The monoisotopic (exact) mass is 438 g/mol. The molecule has 0 saturated heterocycles. The number of carbonyl (C=O) groups is 1. The number of aromatic nitrogens is 2. The normalized spacial score (nSPS) is 16.6. The van der Waals surface area contributed by atoms with E-state index < -0.39 is 5.97 Å². The predicted octanol–water partition coefficient (Wildman–Crippen LogP) is 7.87. The van der Waals surface area contributed by atoms with Crippen molar-refractivity contribution < 1.29 is 9.53 Å². The molecule has 0 aliphatic heterocycles. The van der Waals surface area contributed by atoms with Crippen LogP contribution in [0.2, 0.25) is 0 Å². The number of allylic oxidation sites excluding steroid dienone is 5. The highest BCUT2D eigenvalue weighted by molar-refractivity contribution is 5.86. The van der Waals surface area contributed by atoms with E-state index in [4.69, 9.17) is 4.74 Å². The molecule has 176 valence electrons. The summed E-state index contributed by atoms with van der Waals surface area (Å²) in [5.74, 6) is -0.391. The maximum absolute atomic E-state index is 12.2. The summed E-state index contributed by atoms with van der Waals surface area (Å²) in [4.78, 5) is 20.8. The number of ether oxygens (including phenoxy) is 1. The standard InChI is InChI=1S/C28H42N2O2/c1-6-7-8-9-10-11-12-18-32-27(31)26-21-29-24(20-30-26)19-22(2)15-16-25-23(3)14-13-17-28(25,4)5/h15-16,19-21H,6-14,17-18H2,1-5H3. The Morgan fingerprint density at radius 3 is 2.47 bits per heavy atom. The SMILES string of the molecule is CCCCCCCCCOC(=O)c1cnc(C=C(C)C=CC2=C(C)CCCC2(C)C)cn1. The fourth-order valence-electron chi connectivity index (χ4n) is 4.32. The van der Waals surface area contributed by atoms with Crippen molar-refractivity contribution in [2.45, 2.75) is 98.8 Å². The van der Waals surface area contributed by atoms with Crippen LogP contribution >= 0.6 is 0 Å². The van der Waals surface area contributed by atoms with Gasteiger partial charge in [0.15, 0.2) is 5.69 Å². The van der Waals surface area contributed by atoms with Crippen molar-refractivity contribution in [3.63, 3.8) is 0 Å². The predicted molar refractivity (Wildman–Crippen MR) is 133 cm³/mol. The van der Waals surface area contributed by atoms with Gasteiger partial charge in [0.2, 0.25) is 0 Å². The van der Waals surface area contributed by atoms with E-state index in [2.05, 4.69) is 56.7 Å². The average Bonchev–Trinajstić information content (AvgIpc) is 2.75. The molecule has 2 rings (SSSR count). The van der Waals surface area contributed by atoms with Gasteiger partial charge in [-0.25, -0.2) is 9.78 Å². The summed E-state index contributed by atoms with van der Waals surface area (Å²) in [6.45, 7) is 11.6. The van der Waals surface area contributed by atoms with Gasteiger partial charge in [-0.3, -0.25) is 4.98 Å². The molecule has 4 heteroatoms. The lowest BCUT2D eigenvalue weighted by molar-refractivity contribution is 0.0490. The third-order valence-electron chi connectivity index (χ3n) is 6.29. The van der Waals surface area contributed by atoms with E-state index in [-0.39, 0.29) is 11.1 Å². The van der Waals surface area contributed by atoms with Crippen molar-refractivity contribution >= 4 is 12.0 Å². The van der Waals surface area contributed by atoms with Gasteiger partial charge < -0.3 is 4.74 Å². The molecule has 0 spiro atoms. The topological polar surface area (TPSA) is 52.1 Å². The number of hydrogen-bond donors (Lipinski definition) is 0. The molecule has 4 nitrogen and oxygen atoms in total. The van der Waals surface area contributed by atoms with E-state index in [1.54, 1.807) is 6.20 Å². The summed E-state index contributed by atoms with van der Waals surface area (Å²) in [5, 5.41) is 0. The van der Waals surface area contributed by atoms with Crippen LogP contribution < -0.4 is 0 Å². The first-order valence-corrected chi connectivity index (χ1v) is 12.4. The van der Waals surface area contributed by atoms with Gasteiger partial charge in [0, 0.05) is 0 Å². The van der Waals surface area contributed by atoms with Crippen molar-refractivity contribution in [2.24, 2.45) is 5.41 Å². The highest BCUT2D eigenvalue weighted by Gasteiger charge is 2.26. The summed E-state index contributed by atoms with van der Waals surface area (Å²) in [5.41, 5.74) is 5.28. The van der Waals surface area contributed by atoms with Crippen LogP contribution in [0.5, 0.6) is 0 Å². The van der Waals surface area contributed by atoms with Gasteiger partial charge in [-0.15, -0.1) is 0 Å². The lowest BCUT2D eigenvalue weighted by Crippen LogP contribution is -2.19. The number of esters is 1. The molecule has 0 atom stereocenters. The Morgan fingerprint density at radius 2 is 1.81 bits per heavy atom. The Balaban J connectivity index is 1.82. The second-order valence-electron chi connectivity index (χ2n) is 9.74. The van der Waals surface area contributed by atoms with Gasteiger partial charge in [-0.2, -0.15) is 0 Å². The van der Waals surface area contributed by atoms with Gasteiger partial charge in [0.1, 0.15) is 0 Å². The summed E-state index contributed by atoms with van der Waals surface area (Å²) in [6.07, 6.45) is 21.6. The van der Waals surface area contributed by atoms with Crippen LogP contribution in [0, 0.1) is 5.41 Å². The zero-order valence-corrected chi connectivity index (χ0v) is 20.9. The molecule has 0 saturated carbocycles. The zero-order chi connectivity index (χ0) is 23.4. The lowest BCUT2D eigenvalue weighted by atomic mass is 9.72. The van der Waals surface area contributed by atoms with Crippen LogP contribution in [0.25, 0.3) is 6.08 Å². The maximum Gasteiger partial charge on any atom is 0.358 e. The molecule has 1 aromatic rings. The van der Waals surface area contributed by atoms with Crippen molar-refractivity contribution in [1.82, 2.24) is 9.97 Å². The Labute approximate surface area is 195 Å². The molecule has 0 fully saturated rings. The van der Waals surface area contributed by atoms with Crippen molar-refractivity contribution in [3.8, 4) is 0 Å². The number of nitrogens with zero attached hydrogens (tertiary/aromatic N) is 2. The van der Waals surface area contributed by atoms with Crippen LogP contribution in [0.1, 0.15) is 115 Å². The Morgan fingerprint density at radius 1 is 1.09 bits per heavy atom. The molecule has 32 heavy (non-hydrogen) atoms. The Hall–Kier alpha value is -2.23. The fraction of sp³-hybridized carbons (Fsp3) is 0.607. The van der Waals surface area contributed by atoms with Crippen molar-refractivity contribution in [2.75, 3.05) is 6.61 Å². The molecule has 0 aromatic carbocycles. The van der Waals surface area contributed by atoms with Gasteiger partial charge in [-0.05, 0) is 62.2 Å². The molecule has 1 heterocycles. The third-order valence-corrected chi connectivity index (χ3v) is 6.29. The van der Waals surface area contributed by atoms with Crippen molar-refractivity contribution in [1.29, 1.82) is 0 Å². The summed E-state index contributed by atoms with van der Waals surface area (Å²) < 4.78 is 5.34. The molecule has 0 N–H and O–H groups in total. The quantitative estimate of drug-likeness (QED) is 0.189. The zero-order valence-electron chi connectivity index (χ0n) is 20.9. The van der Waals surface area contributed by atoms with Crippen LogP contribution in [-0.2, 0) is 4.74 Å². The second-order valence-corrected chi connectivity index (χ2v) is 9.74. The first-order valence-electron chi connectivity index (χ1n) is 12.4. The fourth-order valence-corrected chi connectivity index (χ4v) is 4.32. The molecule has 1 aliphatic rings. The Kier molecular flexibility index (Phi) is 10.9. The molecule has 0 amide bonds. The van der Waals surface area contributed by atoms with Crippen LogP contribution in [0.4, 0.5) is 0 Å².